The minimum atomic E-state index is -0.392. The minimum absolute atomic E-state index is 0.141. The SMILES string of the molecule is CNC(=O)c1nn(CC(=O)NC2CCC(C)CC2)c(=O)c2ccccc12. The standard InChI is InChI=1S/C19H24N4O3/c1-12-7-9-13(10-8-12)21-16(24)11-23-19(26)15-6-4-3-5-14(15)17(22-23)18(25)20-2/h3-6,12-13H,7-11H2,1-2H3,(H,20,25)(H,21,24). The molecule has 1 saturated carbocycles. The van der Waals surface area contributed by atoms with Crippen LogP contribution in [0.25, 0.3) is 10.8 Å². The topological polar surface area (TPSA) is 93.1 Å². The number of benzene rings is 1. The van der Waals surface area contributed by atoms with Gasteiger partial charge in [0, 0.05) is 18.5 Å². The highest BCUT2D eigenvalue weighted by atomic mass is 16.2. The van der Waals surface area contributed by atoms with Crippen LogP contribution in [0, 0.1) is 5.92 Å². The second-order valence-corrected chi connectivity index (χ2v) is 6.96. The van der Waals surface area contributed by atoms with E-state index in [0.29, 0.717) is 16.7 Å². The van der Waals surface area contributed by atoms with Gasteiger partial charge >= 0.3 is 0 Å². The van der Waals surface area contributed by atoms with Crippen LogP contribution in [0.4, 0.5) is 0 Å². The molecule has 0 saturated heterocycles. The second kappa shape index (κ2) is 7.68. The normalized spacial score (nSPS) is 19.9. The molecule has 2 aromatic rings. The Bertz CT molecular complexity index is 882. The van der Waals surface area contributed by atoms with Crippen LogP contribution in [-0.4, -0.2) is 34.7 Å². The first-order valence-corrected chi connectivity index (χ1v) is 9.01. The van der Waals surface area contributed by atoms with E-state index in [1.807, 2.05) is 0 Å². The molecule has 0 atom stereocenters. The Kier molecular flexibility index (Phi) is 5.35. The molecule has 0 unspecified atom stereocenters. The maximum absolute atomic E-state index is 12.7. The fourth-order valence-corrected chi connectivity index (χ4v) is 3.44. The predicted octanol–water partition coefficient (Wildman–Crippen LogP) is 1.45. The van der Waals surface area contributed by atoms with Crippen LogP contribution in [0.2, 0.25) is 0 Å². The lowest BCUT2D eigenvalue weighted by atomic mass is 9.87. The third-order valence-corrected chi connectivity index (χ3v) is 4.98. The van der Waals surface area contributed by atoms with Crippen molar-refractivity contribution < 1.29 is 9.59 Å². The van der Waals surface area contributed by atoms with E-state index < -0.39 is 5.91 Å². The summed E-state index contributed by atoms with van der Waals surface area (Å²) in [5.41, 5.74) is -0.234. The highest BCUT2D eigenvalue weighted by Gasteiger charge is 2.21. The summed E-state index contributed by atoms with van der Waals surface area (Å²) < 4.78 is 1.08. The fraction of sp³-hybridized carbons (Fsp3) is 0.474. The quantitative estimate of drug-likeness (QED) is 0.867. The van der Waals surface area contributed by atoms with E-state index >= 15 is 0 Å². The van der Waals surface area contributed by atoms with E-state index in [1.54, 1.807) is 24.3 Å². The van der Waals surface area contributed by atoms with Crippen LogP contribution >= 0.6 is 0 Å². The molecule has 1 aromatic carbocycles. The molecule has 2 amide bonds. The molecule has 0 spiro atoms. The van der Waals surface area contributed by atoms with Gasteiger partial charge in [-0.2, -0.15) is 5.10 Å². The molecule has 0 aliphatic heterocycles. The summed E-state index contributed by atoms with van der Waals surface area (Å²) >= 11 is 0. The van der Waals surface area contributed by atoms with Crippen molar-refractivity contribution in [2.24, 2.45) is 5.92 Å². The van der Waals surface area contributed by atoms with Gasteiger partial charge in [-0.15, -0.1) is 0 Å². The molecular weight excluding hydrogens is 332 g/mol. The van der Waals surface area contributed by atoms with Gasteiger partial charge in [-0.05, 0) is 37.7 Å². The lowest BCUT2D eigenvalue weighted by Crippen LogP contribution is -2.41. The number of aromatic nitrogens is 2. The molecule has 1 heterocycles. The van der Waals surface area contributed by atoms with Gasteiger partial charge in [0.05, 0.1) is 5.39 Å². The zero-order chi connectivity index (χ0) is 18.7. The van der Waals surface area contributed by atoms with E-state index in [2.05, 4.69) is 22.7 Å². The van der Waals surface area contributed by atoms with Gasteiger partial charge in [-0.3, -0.25) is 14.4 Å². The maximum Gasteiger partial charge on any atom is 0.275 e. The monoisotopic (exact) mass is 356 g/mol. The number of nitrogens with one attached hydrogen (secondary N) is 2. The van der Waals surface area contributed by atoms with E-state index in [9.17, 15) is 14.4 Å². The Morgan fingerprint density at radius 3 is 2.46 bits per heavy atom. The molecule has 26 heavy (non-hydrogen) atoms. The molecular formula is C19H24N4O3. The Labute approximate surface area is 151 Å². The number of amides is 2. The van der Waals surface area contributed by atoms with Crippen LogP contribution in [0.3, 0.4) is 0 Å². The molecule has 0 bridgehead atoms. The van der Waals surface area contributed by atoms with Crippen LogP contribution in [0.15, 0.2) is 29.1 Å². The molecule has 7 heteroatoms. The third-order valence-electron chi connectivity index (χ3n) is 4.98. The van der Waals surface area contributed by atoms with Crippen molar-refractivity contribution >= 4 is 22.6 Å². The highest BCUT2D eigenvalue weighted by Crippen LogP contribution is 2.23. The Balaban J connectivity index is 1.85. The van der Waals surface area contributed by atoms with Crippen LogP contribution in [0.5, 0.6) is 0 Å². The van der Waals surface area contributed by atoms with E-state index in [1.165, 1.54) is 7.05 Å². The van der Waals surface area contributed by atoms with Crippen molar-refractivity contribution in [1.82, 2.24) is 20.4 Å². The van der Waals surface area contributed by atoms with Gasteiger partial charge < -0.3 is 10.6 Å². The van der Waals surface area contributed by atoms with Crippen LogP contribution < -0.4 is 16.2 Å². The molecule has 3 rings (SSSR count). The second-order valence-electron chi connectivity index (χ2n) is 6.96. The Morgan fingerprint density at radius 1 is 1.15 bits per heavy atom. The van der Waals surface area contributed by atoms with Crippen molar-refractivity contribution in [3.63, 3.8) is 0 Å². The fourth-order valence-electron chi connectivity index (χ4n) is 3.44. The van der Waals surface area contributed by atoms with Crippen LogP contribution in [0.1, 0.15) is 43.1 Å². The van der Waals surface area contributed by atoms with Gasteiger partial charge in [-0.25, -0.2) is 4.68 Å². The zero-order valence-corrected chi connectivity index (χ0v) is 15.1. The first-order valence-electron chi connectivity index (χ1n) is 9.01. The average molecular weight is 356 g/mol. The Morgan fingerprint density at radius 2 is 1.81 bits per heavy atom. The van der Waals surface area contributed by atoms with Gasteiger partial charge in [0.1, 0.15) is 6.54 Å². The lowest BCUT2D eigenvalue weighted by Gasteiger charge is -2.26. The molecule has 1 aromatic heterocycles. The molecule has 2 N–H and O–H groups in total. The summed E-state index contributed by atoms with van der Waals surface area (Å²) in [5.74, 6) is 0.0527. The zero-order valence-electron chi connectivity index (χ0n) is 15.1. The van der Waals surface area contributed by atoms with Gasteiger partial charge in [-0.1, -0.05) is 25.1 Å². The van der Waals surface area contributed by atoms with E-state index in [0.717, 1.165) is 30.4 Å². The average Bonchev–Trinajstić information content (AvgIpc) is 2.65. The van der Waals surface area contributed by atoms with Crippen LogP contribution in [-0.2, 0) is 11.3 Å². The maximum atomic E-state index is 12.7. The van der Waals surface area contributed by atoms with Gasteiger partial charge in [0.25, 0.3) is 11.5 Å². The third kappa shape index (κ3) is 3.76. The lowest BCUT2D eigenvalue weighted by molar-refractivity contribution is -0.122. The highest BCUT2D eigenvalue weighted by molar-refractivity contribution is 6.04. The number of nitrogens with zero attached hydrogens (tertiary/aromatic N) is 2. The predicted molar refractivity (Wildman–Crippen MR) is 99.0 cm³/mol. The molecule has 0 radical (unpaired) electrons. The first kappa shape index (κ1) is 18.1. The first-order chi connectivity index (χ1) is 12.5. The minimum Gasteiger partial charge on any atom is -0.354 e. The molecule has 7 nitrogen and oxygen atoms in total. The number of hydrogen-bond donors (Lipinski definition) is 2. The summed E-state index contributed by atoms with van der Waals surface area (Å²) in [5, 5.41) is 10.5. The number of carbonyl (C=O) groups is 2. The van der Waals surface area contributed by atoms with Crippen molar-refractivity contribution in [2.75, 3.05) is 7.05 Å². The smallest absolute Gasteiger partial charge is 0.275 e. The largest absolute Gasteiger partial charge is 0.354 e. The molecule has 1 fully saturated rings. The number of hydrogen-bond acceptors (Lipinski definition) is 4. The molecule has 138 valence electrons. The summed E-state index contributed by atoms with van der Waals surface area (Å²) in [6.45, 7) is 2.02. The number of fused-ring (bicyclic) bond motifs is 1. The molecule has 1 aliphatic rings. The van der Waals surface area contributed by atoms with E-state index in [-0.39, 0.29) is 29.7 Å². The molecule has 1 aliphatic carbocycles. The van der Waals surface area contributed by atoms with Crippen molar-refractivity contribution in [1.29, 1.82) is 0 Å². The van der Waals surface area contributed by atoms with Gasteiger partial charge in [0.15, 0.2) is 5.69 Å². The van der Waals surface area contributed by atoms with Crippen molar-refractivity contribution in [2.45, 2.75) is 45.2 Å². The number of rotatable bonds is 4. The summed E-state index contributed by atoms with van der Waals surface area (Å²) in [6, 6.07) is 6.94. The summed E-state index contributed by atoms with van der Waals surface area (Å²) in [6.07, 6.45) is 4.10. The van der Waals surface area contributed by atoms with E-state index in [4.69, 9.17) is 0 Å². The van der Waals surface area contributed by atoms with Crippen molar-refractivity contribution in [3.8, 4) is 0 Å². The summed E-state index contributed by atoms with van der Waals surface area (Å²) in [7, 11) is 1.50. The summed E-state index contributed by atoms with van der Waals surface area (Å²) in [4.78, 5) is 37.2. The number of carbonyl (C=O) groups excluding carboxylic acids is 2. The van der Waals surface area contributed by atoms with Crippen molar-refractivity contribution in [3.05, 3.63) is 40.3 Å². The van der Waals surface area contributed by atoms with Gasteiger partial charge in [0.2, 0.25) is 5.91 Å². The Hall–Kier alpha value is -2.70.